The molecule has 1 aliphatic carbocycles. The number of ether oxygens (including phenoxy) is 1. The Labute approximate surface area is 144 Å². The molecule has 1 aliphatic rings. The van der Waals surface area contributed by atoms with Crippen LogP contribution in [0.4, 0.5) is 0 Å². The van der Waals surface area contributed by atoms with E-state index >= 15 is 0 Å². The van der Waals surface area contributed by atoms with Gasteiger partial charge in [-0.25, -0.2) is 9.97 Å². The van der Waals surface area contributed by atoms with Gasteiger partial charge < -0.3 is 4.74 Å². The molecule has 0 bridgehead atoms. The standard InChI is InChI=1S/C18H18N2OS2/c1-22-17-16-13-9-5-6-10-14(13)23-18(16)20-15(19-17)11-21-12-7-3-2-4-8-12/h2-4,7-8H,5-6,9-11H2,1H3. The van der Waals surface area contributed by atoms with E-state index in [1.165, 1.54) is 41.5 Å². The monoisotopic (exact) mass is 342 g/mol. The Morgan fingerprint density at radius 3 is 2.78 bits per heavy atom. The highest BCUT2D eigenvalue weighted by molar-refractivity contribution is 7.98. The minimum atomic E-state index is 0.413. The first kappa shape index (κ1) is 15.0. The second-order valence-corrected chi connectivity index (χ2v) is 7.52. The quantitative estimate of drug-likeness (QED) is 0.500. The average Bonchev–Trinajstić information content (AvgIpc) is 2.98. The molecule has 2 heterocycles. The zero-order valence-electron chi connectivity index (χ0n) is 13.0. The third kappa shape index (κ3) is 2.95. The van der Waals surface area contributed by atoms with Gasteiger partial charge in [0.1, 0.15) is 22.2 Å². The van der Waals surface area contributed by atoms with Gasteiger partial charge in [-0.15, -0.1) is 23.1 Å². The smallest absolute Gasteiger partial charge is 0.168 e. The SMILES string of the molecule is CSc1nc(COc2ccccc2)nc2sc3c(c12)CCCC3. The predicted molar refractivity (Wildman–Crippen MR) is 96.6 cm³/mol. The number of hydrogen-bond donors (Lipinski definition) is 0. The van der Waals surface area contributed by atoms with Crippen LogP contribution in [0.5, 0.6) is 5.75 Å². The van der Waals surface area contributed by atoms with Crippen LogP contribution in [0.25, 0.3) is 10.2 Å². The molecule has 0 fully saturated rings. The molecule has 0 N–H and O–H groups in total. The molecule has 0 unspecified atom stereocenters. The fourth-order valence-electron chi connectivity index (χ4n) is 3.04. The molecule has 0 spiro atoms. The molecule has 0 amide bonds. The zero-order chi connectivity index (χ0) is 15.6. The summed E-state index contributed by atoms with van der Waals surface area (Å²) in [6.07, 6.45) is 7.04. The number of aromatic nitrogens is 2. The molecule has 3 nitrogen and oxygen atoms in total. The third-order valence-electron chi connectivity index (χ3n) is 4.13. The number of aryl methyl sites for hydroxylation is 2. The van der Waals surface area contributed by atoms with Crippen molar-refractivity contribution in [1.82, 2.24) is 9.97 Å². The number of fused-ring (bicyclic) bond motifs is 3. The minimum absolute atomic E-state index is 0.413. The Bertz CT molecular complexity index is 830. The van der Waals surface area contributed by atoms with Crippen molar-refractivity contribution in [2.24, 2.45) is 0 Å². The van der Waals surface area contributed by atoms with E-state index in [9.17, 15) is 0 Å². The molecule has 1 aromatic carbocycles. The topological polar surface area (TPSA) is 35.0 Å². The van der Waals surface area contributed by atoms with Crippen molar-refractivity contribution in [2.45, 2.75) is 37.3 Å². The van der Waals surface area contributed by atoms with Crippen LogP contribution in [0.1, 0.15) is 29.1 Å². The highest BCUT2D eigenvalue weighted by Gasteiger charge is 2.20. The molecule has 4 rings (SSSR count). The lowest BCUT2D eigenvalue weighted by Gasteiger charge is -2.11. The van der Waals surface area contributed by atoms with Gasteiger partial charge in [-0.1, -0.05) is 18.2 Å². The predicted octanol–water partition coefficient (Wildman–Crippen LogP) is 4.87. The summed E-state index contributed by atoms with van der Waals surface area (Å²) in [5, 5.41) is 2.39. The van der Waals surface area contributed by atoms with Crippen LogP contribution in [0, 0.1) is 0 Å². The number of benzene rings is 1. The van der Waals surface area contributed by atoms with Crippen LogP contribution in [0.2, 0.25) is 0 Å². The van der Waals surface area contributed by atoms with E-state index in [2.05, 4.69) is 6.26 Å². The Morgan fingerprint density at radius 2 is 1.96 bits per heavy atom. The molecule has 23 heavy (non-hydrogen) atoms. The van der Waals surface area contributed by atoms with Gasteiger partial charge in [-0.3, -0.25) is 0 Å². The summed E-state index contributed by atoms with van der Waals surface area (Å²) >= 11 is 3.56. The van der Waals surface area contributed by atoms with Crippen LogP contribution in [0.3, 0.4) is 0 Å². The highest BCUT2D eigenvalue weighted by Crippen LogP contribution is 2.39. The lowest BCUT2D eigenvalue weighted by Crippen LogP contribution is -2.03. The number of thiophene rings is 1. The molecular weight excluding hydrogens is 324 g/mol. The maximum atomic E-state index is 5.81. The van der Waals surface area contributed by atoms with Crippen LogP contribution < -0.4 is 4.74 Å². The molecular formula is C18H18N2OS2. The largest absolute Gasteiger partial charge is 0.486 e. The fourth-order valence-corrected chi connectivity index (χ4v) is 5.01. The van der Waals surface area contributed by atoms with Crippen molar-refractivity contribution >= 4 is 33.3 Å². The third-order valence-corrected chi connectivity index (χ3v) is 6.00. The van der Waals surface area contributed by atoms with E-state index in [1.54, 1.807) is 11.8 Å². The van der Waals surface area contributed by atoms with E-state index in [0.717, 1.165) is 21.4 Å². The van der Waals surface area contributed by atoms with Crippen LogP contribution >= 0.6 is 23.1 Å². The first-order valence-corrected chi connectivity index (χ1v) is 9.92. The van der Waals surface area contributed by atoms with Crippen LogP contribution in [-0.4, -0.2) is 16.2 Å². The number of nitrogens with zero attached hydrogens (tertiary/aromatic N) is 2. The Hall–Kier alpha value is -1.59. The summed E-state index contributed by atoms with van der Waals surface area (Å²) in [5.41, 5.74) is 1.50. The molecule has 0 saturated carbocycles. The van der Waals surface area contributed by atoms with Crippen molar-refractivity contribution in [3.63, 3.8) is 0 Å². The summed E-state index contributed by atoms with van der Waals surface area (Å²) < 4.78 is 5.81. The first-order valence-electron chi connectivity index (χ1n) is 7.88. The van der Waals surface area contributed by atoms with Crippen molar-refractivity contribution < 1.29 is 4.74 Å². The lowest BCUT2D eigenvalue weighted by molar-refractivity contribution is 0.295. The average molecular weight is 342 g/mol. The van der Waals surface area contributed by atoms with E-state index in [4.69, 9.17) is 14.7 Å². The van der Waals surface area contributed by atoms with Gasteiger partial charge >= 0.3 is 0 Å². The van der Waals surface area contributed by atoms with E-state index in [-0.39, 0.29) is 0 Å². The summed E-state index contributed by atoms with van der Waals surface area (Å²) in [4.78, 5) is 12.2. The van der Waals surface area contributed by atoms with Gasteiger partial charge in [0.15, 0.2) is 5.82 Å². The summed E-state index contributed by atoms with van der Waals surface area (Å²) in [5.74, 6) is 1.62. The maximum Gasteiger partial charge on any atom is 0.168 e. The lowest BCUT2D eigenvalue weighted by atomic mass is 9.97. The van der Waals surface area contributed by atoms with Crippen molar-refractivity contribution in [3.8, 4) is 5.75 Å². The van der Waals surface area contributed by atoms with Crippen LogP contribution in [-0.2, 0) is 19.4 Å². The fraction of sp³-hybridized carbons (Fsp3) is 0.333. The molecule has 0 saturated heterocycles. The maximum absolute atomic E-state index is 5.81. The molecule has 0 radical (unpaired) electrons. The number of hydrogen-bond acceptors (Lipinski definition) is 5. The second kappa shape index (κ2) is 6.49. The number of thioether (sulfide) groups is 1. The molecule has 5 heteroatoms. The second-order valence-electron chi connectivity index (χ2n) is 5.64. The Balaban J connectivity index is 1.68. The Kier molecular flexibility index (Phi) is 4.23. The van der Waals surface area contributed by atoms with Gasteiger partial charge in [0.05, 0.1) is 0 Å². The molecule has 0 atom stereocenters. The summed E-state index contributed by atoms with van der Waals surface area (Å²) in [6, 6.07) is 9.84. The summed E-state index contributed by atoms with van der Waals surface area (Å²) in [6.45, 7) is 0.413. The van der Waals surface area contributed by atoms with Gasteiger partial charge in [0.25, 0.3) is 0 Å². The molecule has 3 aromatic rings. The van der Waals surface area contributed by atoms with Gasteiger partial charge in [-0.05, 0) is 49.6 Å². The van der Waals surface area contributed by atoms with Gasteiger partial charge in [0, 0.05) is 10.3 Å². The van der Waals surface area contributed by atoms with Crippen molar-refractivity contribution in [1.29, 1.82) is 0 Å². The van der Waals surface area contributed by atoms with E-state index in [1.807, 2.05) is 41.7 Å². The van der Waals surface area contributed by atoms with E-state index < -0.39 is 0 Å². The van der Waals surface area contributed by atoms with Gasteiger partial charge in [0.2, 0.25) is 0 Å². The Morgan fingerprint density at radius 1 is 1.13 bits per heavy atom. The van der Waals surface area contributed by atoms with Crippen molar-refractivity contribution in [2.75, 3.05) is 6.26 Å². The highest BCUT2D eigenvalue weighted by atomic mass is 32.2. The van der Waals surface area contributed by atoms with E-state index in [0.29, 0.717) is 6.61 Å². The first-order chi connectivity index (χ1) is 11.3. The molecule has 0 aliphatic heterocycles. The van der Waals surface area contributed by atoms with Crippen LogP contribution in [0.15, 0.2) is 35.4 Å². The van der Waals surface area contributed by atoms with Gasteiger partial charge in [-0.2, -0.15) is 0 Å². The number of rotatable bonds is 4. The summed E-state index contributed by atoms with van der Waals surface area (Å²) in [7, 11) is 0. The normalized spacial score (nSPS) is 14.0. The minimum Gasteiger partial charge on any atom is -0.486 e. The zero-order valence-corrected chi connectivity index (χ0v) is 14.7. The molecule has 118 valence electrons. The number of para-hydroxylation sites is 1. The molecule has 2 aromatic heterocycles. The van der Waals surface area contributed by atoms with Crippen molar-refractivity contribution in [3.05, 3.63) is 46.6 Å².